The third kappa shape index (κ3) is 2.30. The third-order valence-electron chi connectivity index (χ3n) is 2.94. The number of pyridine rings is 1. The van der Waals surface area contributed by atoms with E-state index in [9.17, 15) is 0 Å². The summed E-state index contributed by atoms with van der Waals surface area (Å²) in [6, 6.07) is 2.42. The van der Waals surface area contributed by atoms with E-state index in [1.807, 2.05) is 18.5 Å². The maximum absolute atomic E-state index is 5.94. The Balaban J connectivity index is 2.27. The van der Waals surface area contributed by atoms with Gasteiger partial charge in [0.1, 0.15) is 0 Å². The molecule has 4 heteroatoms. The molecule has 16 heavy (non-hydrogen) atoms. The molecule has 0 spiro atoms. The van der Waals surface area contributed by atoms with Gasteiger partial charge in [0.15, 0.2) is 0 Å². The third-order valence-corrected chi connectivity index (χ3v) is 3.23. The smallest absolute Gasteiger partial charge is 0.0723 e. The van der Waals surface area contributed by atoms with Crippen molar-refractivity contribution in [1.82, 2.24) is 4.98 Å². The molecule has 1 aromatic heterocycles. The predicted octanol–water partition coefficient (Wildman–Crippen LogP) is 2.43. The minimum atomic E-state index is 0.271. The fourth-order valence-electron chi connectivity index (χ4n) is 2.04. The van der Waals surface area contributed by atoms with Crippen molar-refractivity contribution in [3.8, 4) is 0 Å². The number of ether oxygens (including phenoxy) is 1. The maximum Gasteiger partial charge on any atom is 0.0723 e. The van der Waals surface area contributed by atoms with E-state index in [-0.39, 0.29) is 6.10 Å². The molecule has 1 aliphatic rings. The van der Waals surface area contributed by atoms with E-state index in [2.05, 4.69) is 23.7 Å². The lowest BCUT2D eigenvalue weighted by atomic mass is 10.1. The van der Waals surface area contributed by atoms with E-state index < -0.39 is 0 Å². The Morgan fingerprint density at radius 3 is 3.12 bits per heavy atom. The number of aromatic nitrogens is 1. The summed E-state index contributed by atoms with van der Waals surface area (Å²) in [5.74, 6) is 0.502. The summed E-state index contributed by atoms with van der Waals surface area (Å²) >= 11 is 5.94. The van der Waals surface area contributed by atoms with Crippen molar-refractivity contribution in [2.75, 3.05) is 18.1 Å². The van der Waals surface area contributed by atoms with Crippen LogP contribution in [0.5, 0.6) is 0 Å². The Hall–Kier alpha value is -0.800. The van der Waals surface area contributed by atoms with Crippen LogP contribution < -0.4 is 4.90 Å². The fourth-order valence-corrected chi connectivity index (χ4v) is 2.25. The molecule has 2 heterocycles. The summed E-state index contributed by atoms with van der Waals surface area (Å²) in [6.07, 6.45) is 3.93. The molecular formula is C12H17ClN2O. The van der Waals surface area contributed by atoms with Crippen LogP contribution in [-0.2, 0) is 10.6 Å². The highest BCUT2D eigenvalue weighted by molar-refractivity contribution is 6.17. The van der Waals surface area contributed by atoms with Crippen molar-refractivity contribution in [3.63, 3.8) is 0 Å². The Morgan fingerprint density at radius 1 is 1.56 bits per heavy atom. The van der Waals surface area contributed by atoms with E-state index in [0.29, 0.717) is 11.9 Å². The number of halogens is 1. The molecule has 0 radical (unpaired) electrons. The van der Waals surface area contributed by atoms with Crippen LogP contribution in [-0.4, -0.2) is 30.3 Å². The molecule has 0 aliphatic carbocycles. The molecule has 0 amide bonds. The molecule has 0 N–H and O–H groups in total. The SMILES string of the molecule is CC1CN(c2ccncc2CCl)C(C)CO1. The zero-order valence-electron chi connectivity index (χ0n) is 9.69. The molecule has 0 aromatic carbocycles. The minimum Gasteiger partial charge on any atom is -0.375 e. The van der Waals surface area contributed by atoms with Gasteiger partial charge in [-0.2, -0.15) is 0 Å². The summed E-state index contributed by atoms with van der Waals surface area (Å²) in [4.78, 5) is 6.47. The Kier molecular flexibility index (Phi) is 3.66. The average molecular weight is 241 g/mol. The van der Waals surface area contributed by atoms with Crippen LogP contribution in [0.2, 0.25) is 0 Å². The van der Waals surface area contributed by atoms with Crippen molar-refractivity contribution in [2.45, 2.75) is 31.9 Å². The highest BCUT2D eigenvalue weighted by atomic mass is 35.5. The second kappa shape index (κ2) is 5.02. The fraction of sp³-hybridized carbons (Fsp3) is 0.583. The molecule has 0 bridgehead atoms. The van der Waals surface area contributed by atoms with Gasteiger partial charge in [-0.05, 0) is 19.9 Å². The molecule has 3 nitrogen and oxygen atoms in total. The van der Waals surface area contributed by atoms with Gasteiger partial charge in [0, 0.05) is 36.2 Å². The molecule has 1 fully saturated rings. The van der Waals surface area contributed by atoms with Gasteiger partial charge >= 0.3 is 0 Å². The number of hydrogen-bond acceptors (Lipinski definition) is 3. The standard InChI is InChI=1S/C12H17ClN2O/c1-9-8-16-10(2)7-15(9)12-3-4-14-6-11(12)5-13/h3-4,6,9-10H,5,7-8H2,1-2H3. The lowest BCUT2D eigenvalue weighted by Crippen LogP contribution is -2.47. The van der Waals surface area contributed by atoms with Crippen LogP contribution >= 0.6 is 11.6 Å². The van der Waals surface area contributed by atoms with Crippen LogP contribution in [0.3, 0.4) is 0 Å². The van der Waals surface area contributed by atoms with Crippen molar-refractivity contribution in [3.05, 3.63) is 24.0 Å². The minimum absolute atomic E-state index is 0.271. The lowest BCUT2D eigenvalue weighted by molar-refractivity contribution is 0.0343. The molecular weight excluding hydrogens is 224 g/mol. The van der Waals surface area contributed by atoms with Crippen molar-refractivity contribution >= 4 is 17.3 Å². The van der Waals surface area contributed by atoms with Gasteiger partial charge in [-0.3, -0.25) is 4.98 Å². The van der Waals surface area contributed by atoms with E-state index >= 15 is 0 Å². The first-order chi connectivity index (χ1) is 7.72. The topological polar surface area (TPSA) is 25.4 Å². The molecule has 1 saturated heterocycles. The highest BCUT2D eigenvalue weighted by Crippen LogP contribution is 2.25. The van der Waals surface area contributed by atoms with Gasteiger partial charge in [-0.25, -0.2) is 0 Å². The molecule has 2 rings (SSSR count). The van der Waals surface area contributed by atoms with Gasteiger partial charge in [-0.15, -0.1) is 11.6 Å². The molecule has 2 atom stereocenters. The van der Waals surface area contributed by atoms with Gasteiger partial charge in [0.05, 0.1) is 18.6 Å². The largest absolute Gasteiger partial charge is 0.375 e. The summed E-state index contributed by atoms with van der Waals surface area (Å²) in [5.41, 5.74) is 2.28. The Bertz CT molecular complexity index is 359. The van der Waals surface area contributed by atoms with Gasteiger partial charge in [0.2, 0.25) is 0 Å². The van der Waals surface area contributed by atoms with Crippen molar-refractivity contribution in [2.24, 2.45) is 0 Å². The van der Waals surface area contributed by atoms with Crippen LogP contribution in [0.15, 0.2) is 18.5 Å². The van der Waals surface area contributed by atoms with Crippen LogP contribution in [0.25, 0.3) is 0 Å². The monoisotopic (exact) mass is 240 g/mol. The first-order valence-electron chi connectivity index (χ1n) is 5.59. The zero-order chi connectivity index (χ0) is 11.5. The van der Waals surface area contributed by atoms with Crippen molar-refractivity contribution < 1.29 is 4.74 Å². The number of anilines is 1. The number of rotatable bonds is 2. The lowest BCUT2D eigenvalue weighted by Gasteiger charge is -2.39. The van der Waals surface area contributed by atoms with Gasteiger partial charge in [-0.1, -0.05) is 0 Å². The summed E-state index contributed by atoms with van der Waals surface area (Å²) < 4.78 is 5.63. The normalized spacial score (nSPS) is 25.8. The van der Waals surface area contributed by atoms with Gasteiger partial charge < -0.3 is 9.64 Å². The van der Waals surface area contributed by atoms with Crippen molar-refractivity contribution in [1.29, 1.82) is 0 Å². The van der Waals surface area contributed by atoms with Crippen LogP contribution in [0, 0.1) is 0 Å². The van der Waals surface area contributed by atoms with E-state index in [1.165, 1.54) is 5.69 Å². The van der Waals surface area contributed by atoms with E-state index in [0.717, 1.165) is 18.7 Å². The predicted molar refractivity (Wildman–Crippen MR) is 66.0 cm³/mol. The van der Waals surface area contributed by atoms with Gasteiger partial charge in [0.25, 0.3) is 0 Å². The Morgan fingerprint density at radius 2 is 2.38 bits per heavy atom. The Labute approximate surface area is 101 Å². The first kappa shape index (κ1) is 11.7. The molecule has 1 aromatic rings. The van der Waals surface area contributed by atoms with Crippen LogP contribution in [0.1, 0.15) is 19.4 Å². The zero-order valence-corrected chi connectivity index (χ0v) is 10.4. The number of morpholine rings is 1. The number of alkyl halides is 1. The van der Waals surface area contributed by atoms with E-state index in [1.54, 1.807) is 0 Å². The molecule has 2 unspecified atom stereocenters. The number of nitrogens with zero attached hydrogens (tertiary/aromatic N) is 2. The molecule has 88 valence electrons. The first-order valence-corrected chi connectivity index (χ1v) is 6.13. The summed E-state index contributed by atoms with van der Waals surface area (Å²) in [7, 11) is 0. The van der Waals surface area contributed by atoms with Crippen LogP contribution in [0.4, 0.5) is 5.69 Å². The molecule has 0 saturated carbocycles. The quantitative estimate of drug-likeness (QED) is 0.743. The second-order valence-electron chi connectivity index (χ2n) is 4.28. The summed E-state index contributed by atoms with van der Waals surface area (Å²) in [6.45, 7) is 5.95. The maximum atomic E-state index is 5.94. The average Bonchev–Trinajstić information content (AvgIpc) is 2.32. The summed E-state index contributed by atoms with van der Waals surface area (Å²) in [5, 5.41) is 0. The number of hydrogen-bond donors (Lipinski definition) is 0. The second-order valence-corrected chi connectivity index (χ2v) is 4.55. The molecule has 1 aliphatic heterocycles. The van der Waals surface area contributed by atoms with E-state index in [4.69, 9.17) is 16.3 Å². The highest BCUT2D eigenvalue weighted by Gasteiger charge is 2.24.